The van der Waals surface area contributed by atoms with E-state index in [1.165, 1.54) is 12.0 Å². The molecule has 0 saturated carbocycles. The predicted octanol–water partition coefficient (Wildman–Crippen LogP) is 0.499. The van der Waals surface area contributed by atoms with Gasteiger partial charge in [-0.2, -0.15) is 0 Å². The number of carbonyl (C=O) groups is 3. The van der Waals surface area contributed by atoms with Gasteiger partial charge in [0.05, 0.1) is 7.11 Å². The summed E-state index contributed by atoms with van der Waals surface area (Å²) < 4.78 is 10.0. The molecule has 2 rings (SSSR count). The van der Waals surface area contributed by atoms with Gasteiger partial charge in [-0.3, -0.25) is 9.79 Å². The summed E-state index contributed by atoms with van der Waals surface area (Å²) in [6.07, 6.45) is 1.25. The van der Waals surface area contributed by atoms with Crippen LogP contribution in [0.5, 0.6) is 0 Å². The Hall–Kier alpha value is -3.30. The Morgan fingerprint density at radius 3 is 2.67 bits per heavy atom. The van der Waals surface area contributed by atoms with E-state index in [-0.39, 0.29) is 18.5 Å². The molecule has 30 heavy (non-hydrogen) atoms. The number of rotatable bonds is 9. The third kappa shape index (κ3) is 6.94. The van der Waals surface area contributed by atoms with E-state index in [4.69, 9.17) is 20.9 Å². The monoisotopic (exact) mass is 419 g/mol. The maximum absolute atomic E-state index is 13.1. The molecule has 1 aliphatic rings. The summed E-state index contributed by atoms with van der Waals surface area (Å²) in [4.78, 5) is 42.7. The number of esters is 1. The Bertz CT molecular complexity index is 751. The first-order valence-electron chi connectivity index (χ1n) is 9.83. The first kappa shape index (κ1) is 23.0. The van der Waals surface area contributed by atoms with Gasteiger partial charge in [-0.05, 0) is 31.2 Å². The Kier molecular flexibility index (Phi) is 8.92. The quantitative estimate of drug-likeness (QED) is 0.228. The number of alkyl carbamates (subject to hydrolysis) is 1. The fourth-order valence-electron chi connectivity index (χ4n) is 3.28. The summed E-state index contributed by atoms with van der Waals surface area (Å²) in [6.45, 7) is 0.813. The largest absolute Gasteiger partial charge is 0.467 e. The number of nitrogens with zero attached hydrogens (tertiary/aromatic N) is 2. The molecule has 0 radical (unpaired) electrons. The Labute approximate surface area is 175 Å². The summed E-state index contributed by atoms with van der Waals surface area (Å²) >= 11 is 0. The molecule has 0 bridgehead atoms. The summed E-state index contributed by atoms with van der Waals surface area (Å²) in [5.41, 5.74) is 11.5. The van der Waals surface area contributed by atoms with Crippen LogP contribution in [0, 0.1) is 0 Å². The standard InChI is InChI=1S/C20H29N5O5/c1-29-18(27)16-10-6-12-25(16)17(26)15(9-5-11-23-19(21)22)24-20(28)30-13-14-7-3-2-4-8-14/h2-4,7-8,15-16H,5-6,9-13H2,1H3,(H,24,28)(H4,21,22,23). The zero-order chi connectivity index (χ0) is 21.9. The molecule has 0 aromatic heterocycles. The summed E-state index contributed by atoms with van der Waals surface area (Å²) in [6, 6.07) is 7.69. The highest BCUT2D eigenvalue weighted by molar-refractivity contribution is 5.90. The van der Waals surface area contributed by atoms with E-state index in [2.05, 4.69) is 10.3 Å². The molecular formula is C20H29N5O5. The van der Waals surface area contributed by atoms with Crippen molar-refractivity contribution >= 4 is 23.9 Å². The molecular weight excluding hydrogens is 390 g/mol. The molecule has 1 fully saturated rings. The van der Waals surface area contributed by atoms with Gasteiger partial charge in [-0.15, -0.1) is 0 Å². The number of amides is 2. The lowest BCUT2D eigenvalue weighted by Gasteiger charge is -2.27. The second kappa shape index (κ2) is 11.6. The highest BCUT2D eigenvalue weighted by atomic mass is 16.5. The molecule has 164 valence electrons. The molecule has 10 heteroatoms. The van der Waals surface area contributed by atoms with Crippen LogP contribution in [-0.4, -0.2) is 61.1 Å². The van der Waals surface area contributed by atoms with Crippen LogP contribution in [0.1, 0.15) is 31.2 Å². The van der Waals surface area contributed by atoms with Gasteiger partial charge >= 0.3 is 12.1 Å². The van der Waals surface area contributed by atoms with E-state index in [0.29, 0.717) is 38.8 Å². The molecule has 2 amide bonds. The number of guanidine groups is 1. The molecule has 1 saturated heterocycles. The molecule has 0 spiro atoms. The number of ether oxygens (including phenoxy) is 2. The zero-order valence-corrected chi connectivity index (χ0v) is 17.1. The van der Waals surface area contributed by atoms with Gasteiger partial charge in [0.25, 0.3) is 0 Å². The maximum Gasteiger partial charge on any atom is 0.408 e. The first-order chi connectivity index (χ1) is 14.4. The van der Waals surface area contributed by atoms with Crippen molar-refractivity contribution in [2.75, 3.05) is 20.2 Å². The smallest absolute Gasteiger partial charge is 0.408 e. The van der Waals surface area contributed by atoms with E-state index in [0.717, 1.165) is 5.56 Å². The van der Waals surface area contributed by atoms with Gasteiger partial charge in [0, 0.05) is 13.1 Å². The molecule has 1 aliphatic heterocycles. The average Bonchev–Trinajstić information content (AvgIpc) is 3.23. The minimum atomic E-state index is -0.868. The summed E-state index contributed by atoms with van der Waals surface area (Å²) in [7, 11) is 1.29. The number of nitrogens with two attached hydrogens (primary N) is 2. The zero-order valence-electron chi connectivity index (χ0n) is 17.1. The second-order valence-electron chi connectivity index (χ2n) is 6.92. The topological polar surface area (TPSA) is 149 Å². The lowest BCUT2D eigenvalue weighted by atomic mass is 10.1. The van der Waals surface area contributed by atoms with Gasteiger partial charge in [-0.1, -0.05) is 30.3 Å². The number of methoxy groups -OCH3 is 1. The Balaban J connectivity index is 2.01. The third-order valence-corrected chi connectivity index (χ3v) is 4.76. The number of nitrogens with one attached hydrogen (secondary N) is 1. The number of aliphatic imine (C=N–C) groups is 1. The van der Waals surface area contributed by atoms with Crippen molar-refractivity contribution in [3.05, 3.63) is 35.9 Å². The van der Waals surface area contributed by atoms with Crippen LogP contribution in [0.4, 0.5) is 4.79 Å². The van der Waals surface area contributed by atoms with Gasteiger partial charge in [-0.25, -0.2) is 9.59 Å². The third-order valence-electron chi connectivity index (χ3n) is 4.76. The second-order valence-corrected chi connectivity index (χ2v) is 6.92. The highest BCUT2D eigenvalue weighted by Gasteiger charge is 2.38. The fourth-order valence-corrected chi connectivity index (χ4v) is 3.28. The molecule has 2 atom stereocenters. The predicted molar refractivity (Wildman–Crippen MR) is 110 cm³/mol. The van der Waals surface area contributed by atoms with Gasteiger partial charge in [0.15, 0.2) is 5.96 Å². The number of hydrogen-bond donors (Lipinski definition) is 3. The van der Waals surface area contributed by atoms with Crippen molar-refractivity contribution in [3.8, 4) is 0 Å². The van der Waals surface area contributed by atoms with Crippen LogP contribution in [0.2, 0.25) is 0 Å². The average molecular weight is 419 g/mol. The molecule has 1 aromatic rings. The number of benzene rings is 1. The van der Waals surface area contributed by atoms with Crippen LogP contribution < -0.4 is 16.8 Å². The van der Waals surface area contributed by atoms with Crippen molar-refractivity contribution < 1.29 is 23.9 Å². The van der Waals surface area contributed by atoms with Crippen molar-refractivity contribution in [1.29, 1.82) is 0 Å². The van der Waals surface area contributed by atoms with Crippen molar-refractivity contribution in [3.63, 3.8) is 0 Å². The van der Waals surface area contributed by atoms with Crippen molar-refractivity contribution in [1.82, 2.24) is 10.2 Å². The van der Waals surface area contributed by atoms with Gasteiger partial charge in [0.2, 0.25) is 5.91 Å². The van der Waals surface area contributed by atoms with Gasteiger partial charge < -0.3 is 31.2 Å². The van der Waals surface area contributed by atoms with Crippen molar-refractivity contribution in [2.45, 2.75) is 44.4 Å². The first-order valence-corrected chi connectivity index (χ1v) is 9.83. The molecule has 1 heterocycles. The molecule has 2 unspecified atom stereocenters. The molecule has 10 nitrogen and oxygen atoms in total. The summed E-state index contributed by atoms with van der Waals surface area (Å²) in [5.74, 6) is -0.866. The van der Waals surface area contributed by atoms with E-state index in [9.17, 15) is 14.4 Å². The van der Waals surface area contributed by atoms with Gasteiger partial charge in [0.1, 0.15) is 18.7 Å². The van der Waals surface area contributed by atoms with E-state index >= 15 is 0 Å². The van der Waals surface area contributed by atoms with Crippen LogP contribution in [-0.2, 0) is 25.7 Å². The highest BCUT2D eigenvalue weighted by Crippen LogP contribution is 2.20. The molecule has 0 aliphatic carbocycles. The molecule has 5 N–H and O–H groups in total. The SMILES string of the molecule is COC(=O)C1CCCN1C(=O)C(CCCN=C(N)N)NC(=O)OCc1ccccc1. The van der Waals surface area contributed by atoms with Crippen LogP contribution >= 0.6 is 0 Å². The van der Waals surface area contributed by atoms with E-state index in [1.54, 1.807) is 0 Å². The summed E-state index contributed by atoms with van der Waals surface area (Å²) in [5, 5.41) is 2.61. The molecule has 1 aromatic carbocycles. The van der Waals surface area contributed by atoms with E-state index in [1.807, 2.05) is 30.3 Å². The maximum atomic E-state index is 13.1. The Morgan fingerprint density at radius 1 is 1.27 bits per heavy atom. The van der Waals surface area contributed by atoms with E-state index < -0.39 is 24.1 Å². The number of hydrogen-bond acceptors (Lipinski definition) is 6. The minimum absolute atomic E-state index is 0.0431. The fraction of sp³-hybridized carbons (Fsp3) is 0.500. The van der Waals surface area contributed by atoms with Crippen LogP contribution in [0.3, 0.4) is 0 Å². The lowest BCUT2D eigenvalue weighted by Crippen LogP contribution is -2.52. The van der Waals surface area contributed by atoms with Crippen LogP contribution in [0.25, 0.3) is 0 Å². The number of likely N-dealkylation sites (tertiary alicyclic amines) is 1. The lowest BCUT2D eigenvalue weighted by molar-refractivity contribution is -0.151. The minimum Gasteiger partial charge on any atom is -0.467 e. The normalized spacial score (nSPS) is 16.4. The van der Waals surface area contributed by atoms with Crippen molar-refractivity contribution in [2.24, 2.45) is 16.5 Å². The number of carbonyl (C=O) groups excluding carboxylic acids is 3. The van der Waals surface area contributed by atoms with Crippen LogP contribution in [0.15, 0.2) is 35.3 Å². The Morgan fingerprint density at radius 2 is 2.00 bits per heavy atom.